The first-order valence-electron chi connectivity index (χ1n) is 4.29. The highest BCUT2D eigenvalue weighted by molar-refractivity contribution is 6.11. The Morgan fingerprint density at radius 1 is 1.75 bits per heavy atom. The maximum atomic E-state index is 5.62. The van der Waals surface area contributed by atoms with Crippen LogP contribution >= 0.6 is 0 Å². The molecular weight excluding hydrogens is 151 g/mol. The van der Waals surface area contributed by atoms with Gasteiger partial charge in [-0.1, -0.05) is 13.5 Å². The van der Waals surface area contributed by atoms with E-state index in [9.17, 15) is 0 Å². The zero-order valence-electron chi connectivity index (χ0n) is 7.75. The zero-order valence-corrected chi connectivity index (χ0v) is 7.75. The summed E-state index contributed by atoms with van der Waals surface area (Å²) in [5, 5.41) is 0. The fourth-order valence-corrected chi connectivity index (χ4v) is 1.36. The van der Waals surface area contributed by atoms with Gasteiger partial charge in [-0.3, -0.25) is 0 Å². The van der Waals surface area contributed by atoms with Crippen molar-refractivity contribution in [3.8, 4) is 0 Å². The van der Waals surface area contributed by atoms with Crippen LogP contribution in [0.2, 0.25) is 0 Å². The monoisotopic (exact) mass is 166 g/mol. The number of ether oxygens (including phenoxy) is 2. The van der Waals surface area contributed by atoms with Crippen molar-refractivity contribution in [3.63, 3.8) is 0 Å². The van der Waals surface area contributed by atoms with E-state index >= 15 is 0 Å². The molecule has 66 valence electrons. The normalized spacial score (nSPS) is 35.0. The Labute approximate surface area is 75.3 Å². The highest BCUT2D eigenvalue weighted by Gasteiger charge is 2.29. The van der Waals surface area contributed by atoms with Crippen LogP contribution in [0.15, 0.2) is 12.3 Å². The Morgan fingerprint density at radius 3 is 2.83 bits per heavy atom. The molecule has 3 atom stereocenters. The Balaban J connectivity index is 2.28. The van der Waals surface area contributed by atoms with E-state index in [0.29, 0.717) is 12.5 Å². The minimum absolute atomic E-state index is 0.112. The number of hydrogen-bond donors (Lipinski definition) is 0. The van der Waals surface area contributed by atoms with Gasteiger partial charge in [-0.05, 0) is 19.3 Å². The van der Waals surface area contributed by atoms with Crippen molar-refractivity contribution in [2.75, 3.05) is 6.61 Å². The molecule has 1 fully saturated rings. The average Bonchev–Trinajstić information content (AvgIpc) is 2.26. The first-order valence-corrected chi connectivity index (χ1v) is 4.29. The summed E-state index contributed by atoms with van der Waals surface area (Å²) in [5.74, 6) is 1.21. The fraction of sp³-hybridized carbons (Fsp3) is 0.778. The van der Waals surface area contributed by atoms with Gasteiger partial charge in [0.05, 0.1) is 11.9 Å². The van der Waals surface area contributed by atoms with Gasteiger partial charge in [0.2, 0.25) is 0 Å². The summed E-state index contributed by atoms with van der Waals surface area (Å²) in [6.45, 7) is 8.18. The van der Waals surface area contributed by atoms with Crippen molar-refractivity contribution in [1.29, 1.82) is 0 Å². The van der Waals surface area contributed by atoms with E-state index < -0.39 is 0 Å². The van der Waals surface area contributed by atoms with Crippen LogP contribution in [0, 0.1) is 5.92 Å². The molecule has 3 heteroatoms. The molecule has 1 aliphatic rings. The lowest BCUT2D eigenvalue weighted by Crippen LogP contribution is -2.20. The van der Waals surface area contributed by atoms with Crippen LogP contribution in [0.4, 0.5) is 0 Å². The van der Waals surface area contributed by atoms with E-state index in [1.165, 1.54) is 0 Å². The quantitative estimate of drug-likeness (QED) is 0.466. The third-order valence-electron chi connectivity index (χ3n) is 2.08. The first kappa shape index (κ1) is 9.65. The molecule has 0 N–H and O–H groups in total. The molecule has 2 nitrogen and oxygen atoms in total. The Hall–Kier alpha value is -0.435. The van der Waals surface area contributed by atoms with E-state index in [2.05, 4.69) is 13.5 Å². The smallest absolute Gasteiger partial charge is 0.114 e. The summed E-state index contributed by atoms with van der Waals surface area (Å²) >= 11 is 0. The first-order chi connectivity index (χ1) is 5.59. The van der Waals surface area contributed by atoms with E-state index in [1.54, 1.807) is 0 Å². The van der Waals surface area contributed by atoms with Crippen molar-refractivity contribution in [3.05, 3.63) is 12.3 Å². The Kier molecular flexibility index (Phi) is 3.21. The summed E-state index contributed by atoms with van der Waals surface area (Å²) in [6.07, 6.45) is 1.06. The van der Waals surface area contributed by atoms with Crippen molar-refractivity contribution in [2.45, 2.75) is 32.4 Å². The van der Waals surface area contributed by atoms with E-state index in [-0.39, 0.29) is 12.1 Å². The minimum atomic E-state index is -0.112. The Morgan fingerprint density at radius 2 is 2.42 bits per heavy atom. The highest BCUT2D eigenvalue weighted by Crippen LogP contribution is 2.24. The molecule has 1 saturated heterocycles. The fourth-order valence-electron chi connectivity index (χ4n) is 1.36. The van der Waals surface area contributed by atoms with Gasteiger partial charge in [-0.15, -0.1) is 0 Å². The maximum absolute atomic E-state index is 5.62. The van der Waals surface area contributed by atoms with Gasteiger partial charge >= 0.3 is 0 Å². The molecule has 2 radical (unpaired) electrons. The lowest BCUT2D eigenvalue weighted by atomic mass is 9.92. The van der Waals surface area contributed by atoms with E-state index in [1.807, 2.05) is 6.92 Å². The lowest BCUT2D eigenvalue weighted by Gasteiger charge is -2.15. The van der Waals surface area contributed by atoms with Gasteiger partial charge < -0.3 is 9.47 Å². The molecule has 0 aromatic carbocycles. The van der Waals surface area contributed by atoms with Gasteiger partial charge in [-0.2, -0.15) is 0 Å². The average molecular weight is 166 g/mol. The van der Waals surface area contributed by atoms with Crippen molar-refractivity contribution < 1.29 is 9.47 Å². The minimum Gasteiger partial charge on any atom is -0.496 e. The van der Waals surface area contributed by atoms with Crippen LogP contribution in [-0.2, 0) is 9.47 Å². The van der Waals surface area contributed by atoms with Gasteiger partial charge in [0.1, 0.15) is 14.5 Å². The second kappa shape index (κ2) is 3.99. The summed E-state index contributed by atoms with van der Waals surface area (Å²) in [7, 11) is 5.62. The summed E-state index contributed by atoms with van der Waals surface area (Å²) < 4.78 is 10.7. The molecule has 1 heterocycles. The van der Waals surface area contributed by atoms with E-state index in [4.69, 9.17) is 17.3 Å². The third-order valence-corrected chi connectivity index (χ3v) is 2.08. The molecule has 1 aliphatic heterocycles. The van der Waals surface area contributed by atoms with Crippen LogP contribution < -0.4 is 0 Å². The van der Waals surface area contributed by atoms with Crippen molar-refractivity contribution in [1.82, 2.24) is 0 Å². The predicted molar refractivity (Wildman–Crippen MR) is 49.0 cm³/mol. The van der Waals surface area contributed by atoms with Gasteiger partial charge in [0.15, 0.2) is 0 Å². The number of allylic oxidation sites excluding steroid dienone is 1. The summed E-state index contributed by atoms with van der Waals surface area (Å²) in [4.78, 5) is 0. The van der Waals surface area contributed by atoms with Gasteiger partial charge in [-0.25, -0.2) is 0 Å². The molecule has 0 amide bonds. The molecule has 0 bridgehead atoms. The molecular formula is C9H15BO2. The molecule has 1 rings (SSSR count). The molecule has 0 aromatic rings. The van der Waals surface area contributed by atoms with Gasteiger partial charge in [0.25, 0.3) is 0 Å². The number of rotatable bonds is 3. The summed E-state index contributed by atoms with van der Waals surface area (Å²) in [5.41, 5.74) is 0. The van der Waals surface area contributed by atoms with Crippen LogP contribution in [0.3, 0.4) is 0 Å². The van der Waals surface area contributed by atoms with Crippen molar-refractivity contribution in [2.24, 2.45) is 5.92 Å². The molecule has 0 spiro atoms. The Bertz CT molecular complexity index is 170. The van der Waals surface area contributed by atoms with Crippen molar-refractivity contribution >= 4 is 7.85 Å². The zero-order chi connectivity index (χ0) is 9.14. The lowest BCUT2D eigenvalue weighted by molar-refractivity contribution is 0.0170. The summed E-state index contributed by atoms with van der Waals surface area (Å²) in [6, 6.07) is -0.112. The maximum Gasteiger partial charge on any atom is 0.114 e. The standard InChI is InChI=1S/C9H15BO2/c1-6(2)11-5-8-7(3)4-9(10)12-8/h7-9H,1,4-5H2,2-3H3. The van der Waals surface area contributed by atoms with E-state index in [0.717, 1.165) is 12.2 Å². The van der Waals surface area contributed by atoms with Crippen LogP contribution in [0.25, 0.3) is 0 Å². The molecule has 0 saturated carbocycles. The second-order valence-corrected chi connectivity index (χ2v) is 3.44. The van der Waals surface area contributed by atoms with Gasteiger partial charge in [0, 0.05) is 6.00 Å². The molecule has 0 aromatic heterocycles. The second-order valence-electron chi connectivity index (χ2n) is 3.44. The highest BCUT2D eigenvalue weighted by atomic mass is 16.5. The molecule has 0 aliphatic carbocycles. The molecule has 3 unspecified atom stereocenters. The SMILES string of the molecule is [B]C1CC(C)C(COC(=C)C)O1. The predicted octanol–water partition coefficient (Wildman–Crippen LogP) is 1.46. The van der Waals surface area contributed by atoms with Crippen LogP contribution in [-0.4, -0.2) is 26.6 Å². The molecule has 12 heavy (non-hydrogen) atoms. The number of hydrogen-bond acceptors (Lipinski definition) is 2. The third kappa shape index (κ3) is 2.56. The largest absolute Gasteiger partial charge is 0.496 e. The van der Waals surface area contributed by atoms with Crippen LogP contribution in [0.1, 0.15) is 20.3 Å². The topological polar surface area (TPSA) is 18.5 Å². The van der Waals surface area contributed by atoms with Crippen LogP contribution in [0.5, 0.6) is 0 Å².